The van der Waals surface area contributed by atoms with Crippen molar-refractivity contribution >= 4 is 5.97 Å². The summed E-state index contributed by atoms with van der Waals surface area (Å²) < 4.78 is 5.21. The van der Waals surface area contributed by atoms with Gasteiger partial charge in [-0.3, -0.25) is 10.1 Å². The van der Waals surface area contributed by atoms with Gasteiger partial charge in [-0.2, -0.15) is 0 Å². The molecule has 0 aromatic rings. The van der Waals surface area contributed by atoms with E-state index in [1.165, 1.54) is 0 Å². The second-order valence-corrected chi connectivity index (χ2v) is 4.09. The third-order valence-electron chi connectivity index (χ3n) is 2.67. The Kier molecular flexibility index (Phi) is 3.89. The van der Waals surface area contributed by atoms with E-state index in [0.717, 1.165) is 19.4 Å². The van der Waals surface area contributed by atoms with Crippen molar-refractivity contribution < 1.29 is 14.6 Å². The molecule has 0 saturated carbocycles. The van der Waals surface area contributed by atoms with Crippen LogP contribution in [0.15, 0.2) is 0 Å². The van der Waals surface area contributed by atoms with Gasteiger partial charge in [-0.1, -0.05) is 13.3 Å². The molecular formula is C10H19NO3. The number of carboxylic acids is 1. The molecule has 0 aromatic heterocycles. The molecule has 0 bridgehead atoms. The summed E-state index contributed by atoms with van der Waals surface area (Å²) >= 11 is 0. The van der Waals surface area contributed by atoms with E-state index in [-0.39, 0.29) is 6.04 Å². The molecule has 0 aliphatic carbocycles. The maximum Gasteiger partial charge on any atom is 0.323 e. The molecule has 0 aromatic carbocycles. The number of nitrogens with one attached hydrogen (secondary N) is 1. The van der Waals surface area contributed by atoms with Crippen LogP contribution in [0.1, 0.15) is 33.1 Å². The monoisotopic (exact) mass is 201 g/mol. The van der Waals surface area contributed by atoms with Crippen molar-refractivity contribution in [3.8, 4) is 0 Å². The molecule has 1 fully saturated rings. The lowest BCUT2D eigenvalue weighted by Crippen LogP contribution is -2.54. The molecule has 4 heteroatoms. The second kappa shape index (κ2) is 4.75. The molecule has 1 rings (SSSR count). The highest BCUT2D eigenvalue weighted by Gasteiger charge is 2.35. The number of hydrogen-bond acceptors (Lipinski definition) is 3. The van der Waals surface area contributed by atoms with Crippen LogP contribution in [-0.4, -0.2) is 35.9 Å². The third-order valence-corrected chi connectivity index (χ3v) is 2.67. The minimum Gasteiger partial charge on any atom is -0.480 e. The van der Waals surface area contributed by atoms with E-state index < -0.39 is 11.5 Å². The summed E-state index contributed by atoms with van der Waals surface area (Å²) in [4.78, 5) is 11.1. The average Bonchev–Trinajstić information content (AvgIpc) is 2.56. The van der Waals surface area contributed by atoms with E-state index in [9.17, 15) is 4.79 Å². The van der Waals surface area contributed by atoms with E-state index in [0.29, 0.717) is 13.0 Å². The van der Waals surface area contributed by atoms with Gasteiger partial charge in [0.05, 0.1) is 6.61 Å². The summed E-state index contributed by atoms with van der Waals surface area (Å²) in [6, 6.07) is 0.197. The number of ether oxygens (including phenoxy) is 1. The molecule has 1 aliphatic rings. The fraction of sp³-hybridized carbons (Fsp3) is 0.900. The highest BCUT2D eigenvalue weighted by molar-refractivity contribution is 5.78. The lowest BCUT2D eigenvalue weighted by atomic mass is 9.95. The summed E-state index contributed by atoms with van der Waals surface area (Å²) in [5, 5.41) is 12.3. The Labute approximate surface area is 84.6 Å². The van der Waals surface area contributed by atoms with Crippen molar-refractivity contribution in [1.29, 1.82) is 0 Å². The van der Waals surface area contributed by atoms with Gasteiger partial charge in [0.25, 0.3) is 0 Å². The lowest BCUT2D eigenvalue weighted by molar-refractivity contribution is -0.144. The van der Waals surface area contributed by atoms with Crippen molar-refractivity contribution in [2.24, 2.45) is 0 Å². The van der Waals surface area contributed by atoms with Gasteiger partial charge in [-0.05, 0) is 19.8 Å². The number of carbonyl (C=O) groups is 1. The van der Waals surface area contributed by atoms with Crippen molar-refractivity contribution in [2.75, 3.05) is 13.2 Å². The van der Waals surface area contributed by atoms with Gasteiger partial charge in [0.15, 0.2) is 0 Å². The third kappa shape index (κ3) is 2.69. The van der Waals surface area contributed by atoms with Crippen LogP contribution in [0.25, 0.3) is 0 Å². The Morgan fingerprint density at radius 3 is 2.86 bits per heavy atom. The first kappa shape index (κ1) is 11.5. The maximum absolute atomic E-state index is 11.1. The highest BCUT2D eigenvalue weighted by Crippen LogP contribution is 2.16. The summed E-state index contributed by atoms with van der Waals surface area (Å²) in [6.07, 6.45) is 2.43. The van der Waals surface area contributed by atoms with E-state index in [1.54, 1.807) is 6.92 Å². The predicted octanol–water partition coefficient (Wildman–Crippen LogP) is 1.01. The van der Waals surface area contributed by atoms with E-state index in [1.807, 2.05) is 6.92 Å². The molecule has 14 heavy (non-hydrogen) atoms. The van der Waals surface area contributed by atoms with Crippen LogP contribution < -0.4 is 5.32 Å². The smallest absolute Gasteiger partial charge is 0.323 e. The minimum absolute atomic E-state index is 0.197. The Balaban J connectivity index is 2.53. The fourth-order valence-corrected chi connectivity index (χ4v) is 1.84. The van der Waals surface area contributed by atoms with Crippen molar-refractivity contribution in [1.82, 2.24) is 5.32 Å². The van der Waals surface area contributed by atoms with Crippen LogP contribution in [0, 0.1) is 0 Å². The van der Waals surface area contributed by atoms with Gasteiger partial charge in [0.1, 0.15) is 5.54 Å². The molecule has 1 aliphatic heterocycles. The Morgan fingerprint density at radius 2 is 2.43 bits per heavy atom. The summed E-state index contributed by atoms with van der Waals surface area (Å²) in [5.41, 5.74) is -0.798. The largest absolute Gasteiger partial charge is 0.480 e. The topological polar surface area (TPSA) is 58.6 Å². The lowest BCUT2D eigenvalue weighted by Gasteiger charge is -2.28. The van der Waals surface area contributed by atoms with Crippen LogP contribution in [0.3, 0.4) is 0 Å². The average molecular weight is 201 g/mol. The molecule has 1 saturated heterocycles. The number of carboxylic acid groups (broad SMARTS) is 1. The molecule has 1 heterocycles. The van der Waals surface area contributed by atoms with E-state index in [4.69, 9.17) is 9.84 Å². The van der Waals surface area contributed by atoms with Crippen molar-refractivity contribution in [2.45, 2.75) is 44.7 Å². The van der Waals surface area contributed by atoms with Crippen LogP contribution in [0.4, 0.5) is 0 Å². The first-order valence-corrected chi connectivity index (χ1v) is 5.17. The van der Waals surface area contributed by atoms with Crippen molar-refractivity contribution in [3.63, 3.8) is 0 Å². The molecule has 0 amide bonds. The summed E-state index contributed by atoms with van der Waals surface area (Å²) in [7, 11) is 0. The zero-order valence-corrected chi connectivity index (χ0v) is 8.88. The number of hydrogen-bond donors (Lipinski definition) is 2. The quantitative estimate of drug-likeness (QED) is 0.697. The standard InChI is InChI=1S/C10H19NO3/c1-3-5-10(2,9(12)13)11-8-4-6-14-7-8/h8,11H,3-7H2,1-2H3,(H,12,13). The first-order chi connectivity index (χ1) is 6.58. The molecule has 4 nitrogen and oxygen atoms in total. The number of aliphatic carboxylic acids is 1. The number of rotatable bonds is 5. The van der Waals surface area contributed by atoms with Crippen LogP contribution >= 0.6 is 0 Å². The predicted molar refractivity (Wildman–Crippen MR) is 53.3 cm³/mol. The van der Waals surface area contributed by atoms with Gasteiger partial charge in [-0.25, -0.2) is 0 Å². The molecule has 0 radical (unpaired) electrons. The normalized spacial score (nSPS) is 26.0. The second-order valence-electron chi connectivity index (χ2n) is 4.09. The summed E-state index contributed by atoms with van der Waals surface area (Å²) in [5.74, 6) is -0.772. The van der Waals surface area contributed by atoms with Gasteiger partial charge < -0.3 is 9.84 Å². The Hall–Kier alpha value is -0.610. The Bertz CT molecular complexity index is 202. The van der Waals surface area contributed by atoms with Gasteiger partial charge in [-0.15, -0.1) is 0 Å². The fourth-order valence-electron chi connectivity index (χ4n) is 1.84. The van der Waals surface area contributed by atoms with Crippen LogP contribution in [0.5, 0.6) is 0 Å². The molecule has 2 N–H and O–H groups in total. The van der Waals surface area contributed by atoms with Crippen LogP contribution in [-0.2, 0) is 9.53 Å². The Morgan fingerprint density at radius 1 is 1.71 bits per heavy atom. The molecule has 2 atom stereocenters. The van der Waals surface area contributed by atoms with Gasteiger partial charge in [0.2, 0.25) is 0 Å². The maximum atomic E-state index is 11.1. The molecule has 2 unspecified atom stereocenters. The zero-order valence-electron chi connectivity index (χ0n) is 8.88. The van der Waals surface area contributed by atoms with Gasteiger partial charge >= 0.3 is 5.97 Å². The SMILES string of the molecule is CCCC(C)(NC1CCOC1)C(=O)O. The van der Waals surface area contributed by atoms with Crippen LogP contribution in [0.2, 0.25) is 0 Å². The van der Waals surface area contributed by atoms with E-state index in [2.05, 4.69) is 5.32 Å². The zero-order chi connectivity index (χ0) is 10.6. The highest BCUT2D eigenvalue weighted by atomic mass is 16.5. The first-order valence-electron chi connectivity index (χ1n) is 5.17. The van der Waals surface area contributed by atoms with Crippen molar-refractivity contribution in [3.05, 3.63) is 0 Å². The molecule has 0 spiro atoms. The van der Waals surface area contributed by atoms with E-state index >= 15 is 0 Å². The molecular weight excluding hydrogens is 182 g/mol. The molecule has 82 valence electrons. The van der Waals surface area contributed by atoms with Gasteiger partial charge in [0, 0.05) is 12.6 Å². The minimum atomic E-state index is -0.798. The summed E-state index contributed by atoms with van der Waals surface area (Å²) in [6.45, 7) is 5.11.